The largest absolute Gasteiger partial charge is 0.340 e. The number of hydrogen-bond donors (Lipinski definition) is 0. The molecule has 0 atom stereocenters. The summed E-state index contributed by atoms with van der Waals surface area (Å²) in [4.78, 5) is 17.4. The second-order valence-corrected chi connectivity index (χ2v) is 7.37. The maximum absolute atomic E-state index is 13.2. The van der Waals surface area contributed by atoms with Gasteiger partial charge in [-0.2, -0.15) is 4.31 Å². The van der Waals surface area contributed by atoms with Gasteiger partial charge in [0.25, 0.3) is 0 Å². The van der Waals surface area contributed by atoms with Crippen LogP contribution in [0.15, 0.2) is 53.7 Å². The van der Waals surface area contributed by atoms with Gasteiger partial charge in [0.1, 0.15) is 10.7 Å². The van der Waals surface area contributed by atoms with Gasteiger partial charge in [-0.25, -0.2) is 12.8 Å². The molecule has 0 unspecified atom stereocenters. The highest BCUT2D eigenvalue weighted by molar-refractivity contribution is 7.89. The Morgan fingerprint density at radius 1 is 1.21 bits per heavy atom. The molecule has 2 aromatic rings. The van der Waals surface area contributed by atoms with E-state index < -0.39 is 15.9 Å². The average Bonchev–Trinajstić information content (AvgIpc) is 2.55. The molecule has 6 nitrogen and oxygen atoms in total. The van der Waals surface area contributed by atoms with Gasteiger partial charge in [-0.15, -0.1) is 0 Å². The highest BCUT2D eigenvalue weighted by atomic mass is 32.2. The predicted molar refractivity (Wildman–Crippen MR) is 86.9 cm³/mol. The zero-order valence-corrected chi connectivity index (χ0v) is 14.2. The van der Waals surface area contributed by atoms with Gasteiger partial charge in [0.15, 0.2) is 0 Å². The van der Waals surface area contributed by atoms with Crippen LogP contribution in [0, 0.1) is 5.82 Å². The van der Waals surface area contributed by atoms with Crippen LogP contribution in [0.4, 0.5) is 4.39 Å². The molecule has 0 spiro atoms. The Morgan fingerprint density at radius 3 is 2.58 bits per heavy atom. The summed E-state index contributed by atoms with van der Waals surface area (Å²) in [7, 11) is -0.915. The van der Waals surface area contributed by atoms with Crippen molar-refractivity contribution in [1.29, 1.82) is 0 Å². The Morgan fingerprint density at radius 2 is 1.96 bits per heavy atom. The van der Waals surface area contributed by atoms with E-state index in [0.29, 0.717) is 5.56 Å². The quantitative estimate of drug-likeness (QED) is 0.791. The van der Waals surface area contributed by atoms with Crippen LogP contribution in [0.5, 0.6) is 0 Å². The van der Waals surface area contributed by atoms with Gasteiger partial charge in [-0.1, -0.05) is 12.1 Å². The van der Waals surface area contributed by atoms with E-state index in [4.69, 9.17) is 0 Å². The van der Waals surface area contributed by atoms with Crippen molar-refractivity contribution in [2.75, 3.05) is 20.6 Å². The number of sulfonamides is 1. The molecule has 0 aliphatic carbocycles. The first kappa shape index (κ1) is 18.0. The molecule has 0 fully saturated rings. The van der Waals surface area contributed by atoms with Crippen molar-refractivity contribution in [2.45, 2.75) is 11.4 Å². The first-order chi connectivity index (χ1) is 11.3. The van der Waals surface area contributed by atoms with Crippen molar-refractivity contribution in [3.63, 3.8) is 0 Å². The highest BCUT2D eigenvalue weighted by Crippen LogP contribution is 2.13. The molecule has 0 bridgehead atoms. The van der Waals surface area contributed by atoms with Crippen LogP contribution in [-0.2, 0) is 21.4 Å². The number of hydrogen-bond acceptors (Lipinski definition) is 4. The van der Waals surface area contributed by atoms with E-state index >= 15 is 0 Å². The van der Waals surface area contributed by atoms with E-state index in [1.165, 1.54) is 55.7 Å². The van der Waals surface area contributed by atoms with Gasteiger partial charge in [0, 0.05) is 33.0 Å². The summed E-state index contributed by atoms with van der Waals surface area (Å²) in [6.07, 6.45) is 2.70. The smallest absolute Gasteiger partial charge is 0.244 e. The van der Waals surface area contributed by atoms with Crippen molar-refractivity contribution in [1.82, 2.24) is 14.2 Å². The minimum atomic E-state index is -3.78. The zero-order chi connectivity index (χ0) is 17.7. The summed E-state index contributed by atoms with van der Waals surface area (Å²) >= 11 is 0. The summed E-state index contributed by atoms with van der Waals surface area (Å²) in [6, 6.07) is 8.84. The lowest BCUT2D eigenvalue weighted by atomic mass is 10.2. The second kappa shape index (κ2) is 7.50. The summed E-state index contributed by atoms with van der Waals surface area (Å²) in [5.41, 5.74) is 0.628. The van der Waals surface area contributed by atoms with Crippen molar-refractivity contribution in [3.05, 3.63) is 60.2 Å². The molecule has 24 heavy (non-hydrogen) atoms. The second-order valence-electron chi connectivity index (χ2n) is 5.33. The molecule has 8 heteroatoms. The Bertz CT molecular complexity index is 812. The number of rotatable bonds is 6. The van der Waals surface area contributed by atoms with Crippen molar-refractivity contribution in [2.24, 2.45) is 0 Å². The third-order valence-electron chi connectivity index (χ3n) is 3.44. The molecule has 1 aromatic carbocycles. The van der Waals surface area contributed by atoms with Crippen molar-refractivity contribution >= 4 is 15.9 Å². The molecule has 0 aliphatic heterocycles. The van der Waals surface area contributed by atoms with Gasteiger partial charge in [-0.3, -0.25) is 9.78 Å². The number of benzene rings is 1. The number of likely N-dealkylation sites (N-methyl/N-ethyl adjacent to an activating group) is 2. The predicted octanol–water partition coefficient (Wildman–Crippen LogP) is 1.50. The van der Waals surface area contributed by atoms with Gasteiger partial charge in [0.05, 0.1) is 6.54 Å². The van der Waals surface area contributed by atoms with Crippen LogP contribution in [0.2, 0.25) is 0 Å². The monoisotopic (exact) mass is 351 g/mol. The average molecular weight is 351 g/mol. The topological polar surface area (TPSA) is 70.6 Å². The molecule has 0 N–H and O–H groups in total. The van der Waals surface area contributed by atoms with Crippen LogP contribution < -0.4 is 0 Å². The van der Waals surface area contributed by atoms with Gasteiger partial charge in [-0.05, 0) is 29.8 Å². The lowest BCUT2D eigenvalue weighted by Crippen LogP contribution is -2.39. The lowest BCUT2D eigenvalue weighted by molar-refractivity contribution is -0.130. The van der Waals surface area contributed by atoms with Crippen LogP contribution in [0.1, 0.15) is 5.56 Å². The fourth-order valence-electron chi connectivity index (χ4n) is 2.07. The first-order valence-electron chi connectivity index (χ1n) is 7.15. The number of pyridine rings is 1. The maximum Gasteiger partial charge on any atom is 0.244 e. The molecule has 0 saturated heterocycles. The molecule has 128 valence electrons. The standard InChI is InChI=1S/C16H18FN3O3S/c1-19(11-13-5-3-6-14(17)9-13)16(21)12-20(2)24(22,23)15-7-4-8-18-10-15/h3-10H,11-12H2,1-2H3. The Labute approximate surface area is 140 Å². The van der Waals surface area contributed by atoms with Gasteiger partial charge in [0.2, 0.25) is 15.9 Å². The van der Waals surface area contributed by atoms with Crippen LogP contribution >= 0.6 is 0 Å². The number of carbonyl (C=O) groups excluding carboxylic acids is 1. The molecule has 1 heterocycles. The summed E-state index contributed by atoms with van der Waals surface area (Å²) in [6.45, 7) is -0.125. The Kier molecular flexibility index (Phi) is 5.63. The van der Waals surface area contributed by atoms with Crippen LogP contribution in [0.25, 0.3) is 0 Å². The maximum atomic E-state index is 13.2. The SMILES string of the molecule is CN(Cc1cccc(F)c1)C(=O)CN(C)S(=O)(=O)c1cccnc1. The van der Waals surface area contributed by atoms with Crippen molar-refractivity contribution < 1.29 is 17.6 Å². The molecule has 1 aromatic heterocycles. The zero-order valence-electron chi connectivity index (χ0n) is 13.4. The molecule has 0 radical (unpaired) electrons. The summed E-state index contributed by atoms with van der Waals surface area (Å²) in [5.74, 6) is -0.779. The molecule has 2 rings (SSSR count). The lowest BCUT2D eigenvalue weighted by Gasteiger charge is -2.22. The first-order valence-corrected chi connectivity index (χ1v) is 8.59. The van der Waals surface area contributed by atoms with E-state index in [9.17, 15) is 17.6 Å². The third kappa shape index (κ3) is 4.36. The van der Waals surface area contributed by atoms with Crippen molar-refractivity contribution in [3.8, 4) is 0 Å². The minimum absolute atomic E-state index is 0.0214. The Balaban J connectivity index is 2.03. The summed E-state index contributed by atoms with van der Waals surface area (Å²) in [5, 5.41) is 0. The van der Waals surface area contributed by atoms with E-state index in [2.05, 4.69) is 4.98 Å². The van der Waals surface area contributed by atoms with Crippen LogP contribution in [-0.4, -0.2) is 49.2 Å². The van der Waals surface area contributed by atoms with Crippen LogP contribution in [0.3, 0.4) is 0 Å². The van der Waals surface area contributed by atoms with Gasteiger partial charge >= 0.3 is 0 Å². The fourth-order valence-corrected chi connectivity index (χ4v) is 3.16. The van der Waals surface area contributed by atoms with E-state index in [0.717, 1.165) is 4.31 Å². The normalized spacial score (nSPS) is 11.5. The number of nitrogens with zero attached hydrogens (tertiary/aromatic N) is 3. The Hall–Kier alpha value is -2.32. The number of halogens is 1. The molecular weight excluding hydrogens is 333 g/mol. The van der Waals surface area contributed by atoms with E-state index in [-0.39, 0.29) is 23.8 Å². The summed E-state index contributed by atoms with van der Waals surface area (Å²) < 4.78 is 38.9. The number of carbonyl (C=O) groups is 1. The number of aromatic nitrogens is 1. The fraction of sp³-hybridized carbons (Fsp3) is 0.250. The molecule has 0 saturated carbocycles. The minimum Gasteiger partial charge on any atom is -0.340 e. The highest BCUT2D eigenvalue weighted by Gasteiger charge is 2.24. The number of amides is 1. The van der Waals surface area contributed by atoms with E-state index in [1.807, 2.05) is 0 Å². The van der Waals surface area contributed by atoms with E-state index in [1.54, 1.807) is 12.1 Å². The van der Waals surface area contributed by atoms with Gasteiger partial charge < -0.3 is 4.90 Å². The third-order valence-corrected chi connectivity index (χ3v) is 5.22. The molecule has 1 amide bonds. The molecular formula is C16H18FN3O3S. The molecule has 0 aliphatic rings.